The molecule has 0 radical (unpaired) electrons. The SMILES string of the molecule is Nc1cc(N2CCN(Cc3ccccc3)CC2)ccc1S(N)(=O)=O. The molecule has 1 fully saturated rings. The second-order valence-corrected chi connectivity index (χ2v) is 7.55. The highest BCUT2D eigenvalue weighted by atomic mass is 32.2. The van der Waals surface area contributed by atoms with Crippen LogP contribution < -0.4 is 15.8 Å². The van der Waals surface area contributed by atoms with Crippen LogP contribution in [0, 0.1) is 0 Å². The third-order valence-electron chi connectivity index (χ3n) is 4.29. The fourth-order valence-corrected chi connectivity index (χ4v) is 3.64. The van der Waals surface area contributed by atoms with E-state index in [2.05, 4.69) is 34.1 Å². The normalized spacial score (nSPS) is 16.3. The standard InChI is InChI=1S/C17H22N4O2S/c18-16-12-15(6-7-17(16)24(19,22)23)21-10-8-20(9-11-21)13-14-4-2-1-3-5-14/h1-7,12H,8-11,13,18H2,(H2,19,22,23). The topological polar surface area (TPSA) is 92.7 Å². The van der Waals surface area contributed by atoms with E-state index in [9.17, 15) is 8.42 Å². The minimum atomic E-state index is -3.78. The van der Waals surface area contributed by atoms with Gasteiger partial charge in [-0.15, -0.1) is 0 Å². The van der Waals surface area contributed by atoms with E-state index < -0.39 is 10.0 Å². The highest BCUT2D eigenvalue weighted by Crippen LogP contribution is 2.25. The van der Waals surface area contributed by atoms with Crippen LogP contribution >= 0.6 is 0 Å². The van der Waals surface area contributed by atoms with Gasteiger partial charge in [-0.3, -0.25) is 4.90 Å². The molecule has 1 aliphatic rings. The van der Waals surface area contributed by atoms with Crippen LogP contribution in [0.3, 0.4) is 0 Å². The average Bonchev–Trinajstić information content (AvgIpc) is 2.55. The van der Waals surface area contributed by atoms with Crippen molar-refractivity contribution in [3.8, 4) is 0 Å². The van der Waals surface area contributed by atoms with Crippen LogP contribution in [0.4, 0.5) is 11.4 Å². The molecule has 1 heterocycles. The summed E-state index contributed by atoms with van der Waals surface area (Å²) >= 11 is 0. The molecule has 0 spiro atoms. The summed E-state index contributed by atoms with van der Waals surface area (Å²) in [7, 11) is -3.78. The van der Waals surface area contributed by atoms with Crippen molar-refractivity contribution in [2.75, 3.05) is 36.8 Å². The Kier molecular flexibility index (Phi) is 4.75. The molecule has 6 nitrogen and oxygen atoms in total. The number of piperazine rings is 1. The molecule has 0 amide bonds. The van der Waals surface area contributed by atoms with E-state index in [1.165, 1.54) is 11.6 Å². The van der Waals surface area contributed by atoms with Gasteiger partial charge in [-0.25, -0.2) is 13.6 Å². The number of sulfonamides is 1. The van der Waals surface area contributed by atoms with Gasteiger partial charge in [0.15, 0.2) is 0 Å². The van der Waals surface area contributed by atoms with Gasteiger partial charge < -0.3 is 10.6 Å². The molecule has 0 bridgehead atoms. The maximum atomic E-state index is 11.4. The van der Waals surface area contributed by atoms with E-state index in [1.807, 2.05) is 6.07 Å². The predicted molar refractivity (Wildman–Crippen MR) is 96.2 cm³/mol. The van der Waals surface area contributed by atoms with Crippen LogP contribution in [0.5, 0.6) is 0 Å². The summed E-state index contributed by atoms with van der Waals surface area (Å²) < 4.78 is 22.9. The lowest BCUT2D eigenvalue weighted by atomic mass is 10.2. The Morgan fingerprint density at radius 2 is 1.62 bits per heavy atom. The Balaban J connectivity index is 1.63. The highest BCUT2D eigenvalue weighted by Gasteiger charge is 2.19. The van der Waals surface area contributed by atoms with E-state index in [4.69, 9.17) is 10.9 Å². The Bertz CT molecular complexity index is 801. The first kappa shape index (κ1) is 16.8. The summed E-state index contributed by atoms with van der Waals surface area (Å²) in [5.41, 5.74) is 8.29. The van der Waals surface area contributed by atoms with Gasteiger partial charge in [0.05, 0.1) is 5.69 Å². The van der Waals surface area contributed by atoms with Crippen molar-refractivity contribution < 1.29 is 8.42 Å². The molecular weight excluding hydrogens is 324 g/mol. The van der Waals surface area contributed by atoms with Crippen molar-refractivity contribution in [2.45, 2.75) is 11.4 Å². The second-order valence-electron chi connectivity index (χ2n) is 6.02. The Labute approximate surface area is 142 Å². The fourth-order valence-electron chi connectivity index (χ4n) is 3.00. The smallest absolute Gasteiger partial charge is 0.240 e. The number of anilines is 2. The van der Waals surface area contributed by atoms with Crippen molar-refractivity contribution in [1.29, 1.82) is 0 Å². The Morgan fingerprint density at radius 1 is 0.958 bits per heavy atom. The first-order valence-corrected chi connectivity index (χ1v) is 9.42. The molecule has 7 heteroatoms. The second kappa shape index (κ2) is 6.80. The molecular formula is C17H22N4O2S. The Morgan fingerprint density at radius 3 is 2.21 bits per heavy atom. The zero-order valence-electron chi connectivity index (χ0n) is 13.4. The summed E-state index contributed by atoms with van der Waals surface area (Å²) in [6.07, 6.45) is 0. The molecule has 0 unspecified atom stereocenters. The van der Waals surface area contributed by atoms with Gasteiger partial charge in [0.25, 0.3) is 0 Å². The van der Waals surface area contributed by atoms with Gasteiger partial charge in [0.2, 0.25) is 10.0 Å². The zero-order valence-corrected chi connectivity index (χ0v) is 14.2. The number of benzene rings is 2. The summed E-state index contributed by atoms with van der Waals surface area (Å²) in [5, 5.41) is 5.15. The maximum absolute atomic E-state index is 11.4. The summed E-state index contributed by atoms with van der Waals surface area (Å²) in [6.45, 7) is 4.60. The van der Waals surface area contributed by atoms with E-state index in [0.29, 0.717) is 0 Å². The summed E-state index contributed by atoms with van der Waals surface area (Å²) in [4.78, 5) is 4.60. The van der Waals surface area contributed by atoms with Crippen LogP contribution in [0.2, 0.25) is 0 Å². The summed E-state index contributed by atoms with van der Waals surface area (Å²) in [6, 6.07) is 15.4. The molecule has 4 N–H and O–H groups in total. The number of nitrogens with zero attached hydrogens (tertiary/aromatic N) is 2. The van der Waals surface area contributed by atoms with Crippen LogP contribution in [0.25, 0.3) is 0 Å². The minimum Gasteiger partial charge on any atom is -0.398 e. The van der Waals surface area contributed by atoms with Crippen LogP contribution in [0.1, 0.15) is 5.56 Å². The van der Waals surface area contributed by atoms with Crippen molar-refractivity contribution in [1.82, 2.24) is 4.90 Å². The first-order chi connectivity index (χ1) is 11.4. The van der Waals surface area contributed by atoms with Gasteiger partial charge >= 0.3 is 0 Å². The number of hydrogen-bond acceptors (Lipinski definition) is 5. The van der Waals surface area contributed by atoms with E-state index in [-0.39, 0.29) is 10.6 Å². The number of hydrogen-bond donors (Lipinski definition) is 2. The maximum Gasteiger partial charge on any atom is 0.240 e. The molecule has 128 valence electrons. The highest BCUT2D eigenvalue weighted by molar-refractivity contribution is 7.89. The molecule has 0 aromatic heterocycles. The van der Waals surface area contributed by atoms with E-state index >= 15 is 0 Å². The molecule has 1 saturated heterocycles. The van der Waals surface area contributed by atoms with Crippen molar-refractivity contribution in [2.24, 2.45) is 5.14 Å². The number of nitrogen functional groups attached to an aromatic ring is 1. The zero-order chi connectivity index (χ0) is 17.2. The Hall–Kier alpha value is -2.09. The first-order valence-electron chi connectivity index (χ1n) is 7.87. The number of rotatable bonds is 4. The van der Waals surface area contributed by atoms with Gasteiger partial charge in [-0.05, 0) is 23.8 Å². The predicted octanol–water partition coefficient (Wildman–Crippen LogP) is 1.24. The van der Waals surface area contributed by atoms with Crippen LogP contribution in [0.15, 0.2) is 53.4 Å². The molecule has 0 atom stereocenters. The average molecular weight is 346 g/mol. The van der Waals surface area contributed by atoms with Crippen molar-refractivity contribution in [3.63, 3.8) is 0 Å². The van der Waals surface area contributed by atoms with Crippen molar-refractivity contribution >= 4 is 21.4 Å². The third kappa shape index (κ3) is 3.87. The molecule has 0 saturated carbocycles. The van der Waals surface area contributed by atoms with Gasteiger partial charge in [-0.2, -0.15) is 0 Å². The molecule has 2 aromatic carbocycles. The molecule has 3 rings (SSSR count). The third-order valence-corrected chi connectivity index (χ3v) is 5.27. The van der Waals surface area contributed by atoms with Crippen molar-refractivity contribution in [3.05, 3.63) is 54.1 Å². The monoisotopic (exact) mass is 346 g/mol. The lowest BCUT2D eigenvalue weighted by molar-refractivity contribution is 0.250. The largest absolute Gasteiger partial charge is 0.398 e. The molecule has 0 aliphatic carbocycles. The summed E-state index contributed by atoms with van der Waals surface area (Å²) in [5.74, 6) is 0. The lowest BCUT2D eigenvalue weighted by Crippen LogP contribution is -2.46. The van der Waals surface area contributed by atoms with E-state index in [1.54, 1.807) is 12.1 Å². The van der Waals surface area contributed by atoms with Gasteiger partial charge in [0, 0.05) is 38.4 Å². The van der Waals surface area contributed by atoms with Gasteiger partial charge in [-0.1, -0.05) is 30.3 Å². The quantitative estimate of drug-likeness (QED) is 0.813. The minimum absolute atomic E-state index is 0.0195. The van der Waals surface area contributed by atoms with E-state index in [0.717, 1.165) is 38.4 Å². The van der Waals surface area contributed by atoms with Crippen LogP contribution in [-0.4, -0.2) is 39.5 Å². The molecule has 1 aliphatic heterocycles. The fraction of sp³-hybridized carbons (Fsp3) is 0.294. The van der Waals surface area contributed by atoms with Gasteiger partial charge in [0.1, 0.15) is 4.90 Å². The number of primary sulfonamides is 1. The van der Waals surface area contributed by atoms with Crippen LogP contribution in [-0.2, 0) is 16.6 Å². The number of nitrogens with two attached hydrogens (primary N) is 2. The molecule has 2 aromatic rings. The lowest BCUT2D eigenvalue weighted by Gasteiger charge is -2.36. The molecule has 24 heavy (non-hydrogen) atoms.